The van der Waals surface area contributed by atoms with Crippen LogP contribution < -0.4 is 5.32 Å². The summed E-state index contributed by atoms with van der Waals surface area (Å²) in [5.41, 5.74) is 3.26. The van der Waals surface area contributed by atoms with Gasteiger partial charge in [-0.2, -0.15) is 5.10 Å². The Labute approximate surface area is 167 Å². The first-order valence-corrected chi connectivity index (χ1v) is 10.2. The van der Waals surface area contributed by atoms with Gasteiger partial charge >= 0.3 is 0 Å². The number of amides is 1. The van der Waals surface area contributed by atoms with Gasteiger partial charge in [0.25, 0.3) is 11.9 Å². The van der Waals surface area contributed by atoms with Crippen molar-refractivity contribution in [2.45, 2.75) is 52.9 Å². The van der Waals surface area contributed by atoms with Crippen LogP contribution in [0.3, 0.4) is 0 Å². The maximum Gasteiger partial charge on any atom is 0.257 e. The van der Waals surface area contributed by atoms with E-state index in [1.165, 1.54) is 6.42 Å². The molecule has 0 bridgehead atoms. The first-order chi connectivity index (χ1) is 13.4. The molecule has 2 aromatic heterocycles. The van der Waals surface area contributed by atoms with Crippen molar-refractivity contribution in [2.75, 3.05) is 26.7 Å². The van der Waals surface area contributed by atoms with Gasteiger partial charge < -0.3 is 10.2 Å². The van der Waals surface area contributed by atoms with E-state index >= 15 is 0 Å². The lowest BCUT2D eigenvalue weighted by Crippen LogP contribution is -2.39. The molecule has 0 saturated carbocycles. The largest absolute Gasteiger partial charge is 0.339 e. The number of carbonyl (C=O) groups excluding carboxylic acids is 1. The van der Waals surface area contributed by atoms with Crippen molar-refractivity contribution >= 4 is 5.91 Å². The zero-order valence-corrected chi connectivity index (χ0v) is 17.7. The van der Waals surface area contributed by atoms with Crippen LogP contribution in [0.5, 0.6) is 0 Å². The van der Waals surface area contributed by atoms with Gasteiger partial charge in [0.15, 0.2) is 0 Å². The van der Waals surface area contributed by atoms with Crippen LogP contribution in [-0.2, 0) is 0 Å². The summed E-state index contributed by atoms with van der Waals surface area (Å²) in [4.78, 5) is 24.2. The minimum Gasteiger partial charge on any atom is -0.339 e. The Morgan fingerprint density at radius 2 is 1.86 bits per heavy atom. The number of nitrogens with zero attached hydrogens (tertiary/aromatic N) is 5. The number of nitrogens with one attached hydrogen (secondary N) is 1. The molecular formula is C21H32N6O. The van der Waals surface area contributed by atoms with Crippen molar-refractivity contribution in [1.82, 2.24) is 30.0 Å². The normalized spacial score (nSPS) is 15.4. The van der Waals surface area contributed by atoms with Gasteiger partial charge in [0.05, 0.1) is 11.3 Å². The van der Waals surface area contributed by atoms with Crippen LogP contribution in [0.25, 0.3) is 5.95 Å². The fraction of sp³-hybridized carbons (Fsp3) is 0.619. The highest BCUT2D eigenvalue weighted by molar-refractivity contribution is 5.95. The zero-order valence-electron chi connectivity index (χ0n) is 17.7. The molecule has 1 N–H and O–H groups in total. The average Bonchev–Trinajstić information content (AvgIpc) is 3.11. The minimum atomic E-state index is 0.0754. The summed E-state index contributed by atoms with van der Waals surface area (Å²) in [5.74, 6) is 1.45. The topological polar surface area (TPSA) is 75.9 Å². The van der Waals surface area contributed by atoms with Crippen LogP contribution in [0.15, 0.2) is 12.3 Å². The monoisotopic (exact) mass is 384 g/mol. The first kappa shape index (κ1) is 20.5. The van der Waals surface area contributed by atoms with E-state index in [0.29, 0.717) is 17.4 Å². The molecule has 1 amide bonds. The molecule has 1 fully saturated rings. The number of likely N-dealkylation sites (tertiary alicyclic amines) is 1. The van der Waals surface area contributed by atoms with Gasteiger partial charge in [-0.25, -0.2) is 14.6 Å². The SMILES string of the molecule is CNCCC1CCN(C(=O)c2cn(-c3nc(C)cc(C)n3)nc2C(C)C)CC1. The fourth-order valence-electron chi connectivity index (χ4n) is 3.83. The highest BCUT2D eigenvalue weighted by Gasteiger charge is 2.28. The molecule has 2 aromatic rings. The zero-order chi connectivity index (χ0) is 20.3. The Morgan fingerprint density at radius 3 is 2.43 bits per heavy atom. The molecule has 0 spiro atoms. The smallest absolute Gasteiger partial charge is 0.257 e. The lowest BCUT2D eigenvalue weighted by molar-refractivity contribution is 0.0685. The molecule has 152 valence electrons. The van der Waals surface area contributed by atoms with Crippen LogP contribution in [0.4, 0.5) is 0 Å². The van der Waals surface area contributed by atoms with Crippen LogP contribution >= 0.6 is 0 Å². The van der Waals surface area contributed by atoms with Crippen molar-refractivity contribution in [3.63, 3.8) is 0 Å². The van der Waals surface area contributed by atoms with E-state index < -0.39 is 0 Å². The quantitative estimate of drug-likeness (QED) is 0.829. The second kappa shape index (κ2) is 8.82. The Bertz CT molecular complexity index is 800. The highest BCUT2D eigenvalue weighted by Crippen LogP contribution is 2.25. The summed E-state index contributed by atoms with van der Waals surface area (Å²) in [6.07, 6.45) is 5.12. The summed E-state index contributed by atoms with van der Waals surface area (Å²) in [5, 5.41) is 7.89. The number of aryl methyl sites for hydroxylation is 2. The molecule has 7 nitrogen and oxygen atoms in total. The molecule has 28 heavy (non-hydrogen) atoms. The van der Waals surface area contributed by atoms with Crippen molar-refractivity contribution in [2.24, 2.45) is 5.92 Å². The molecule has 1 aliphatic heterocycles. The van der Waals surface area contributed by atoms with E-state index in [0.717, 1.165) is 49.6 Å². The van der Waals surface area contributed by atoms with Gasteiger partial charge in [0.1, 0.15) is 0 Å². The van der Waals surface area contributed by atoms with Crippen molar-refractivity contribution < 1.29 is 4.79 Å². The van der Waals surface area contributed by atoms with Crippen LogP contribution in [-0.4, -0.2) is 57.2 Å². The summed E-state index contributed by atoms with van der Waals surface area (Å²) >= 11 is 0. The van der Waals surface area contributed by atoms with E-state index in [-0.39, 0.29) is 11.8 Å². The van der Waals surface area contributed by atoms with E-state index in [1.54, 1.807) is 10.9 Å². The van der Waals surface area contributed by atoms with Gasteiger partial charge in [-0.3, -0.25) is 4.79 Å². The maximum absolute atomic E-state index is 13.2. The van der Waals surface area contributed by atoms with E-state index in [9.17, 15) is 4.79 Å². The van der Waals surface area contributed by atoms with Gasteiger partial charge in [-0.15, -0.1) is 0 Å². The molecule has 3 rings (SSSR count). The summed E-state index contributed by atoms with van der Waals surface area (Å²) in [6.45, 7) is 10.7. The third kappa shape index (κ3) is 4.58. The number of hydrogen-bond acceptors (Lipinski definition) is 5. The molecule has 1 saturated heterocycles. The van der Waals surface area contributed by atoms with Gasteiger partial charge in [-0.1, -0.05) is 13.8 Å². The van der Waals surface area contributed by atoms with E-state index in [4.69, 9.17) is 0 Å². The van der Waals surface area contributed by atoms with E-state index in [1.807, 2.05) is 31.9 Å². The maximum atomic E-state index is 13.2. The van der Waals surface area contributed by atoms with Crippen LogP contribution in [0, 0.1) is 19.8 Å². The van der Waals surface area contributed by atoms with Crippen molar-refractivity contribution in [3.8, 4) is 5.95 Å². The Kier molecular flexibility index (Phi) is 6.44. The molecule has 0 unspecified atom stereocenters. The highest BCUT2D eigenvalue weighted by atomic mass is 16.2. The second-order valence-corrected chi connectivity index (χ2v) is 8.11. The second-order valence-electron chi connectivity index (χ2n) is 8.11. The molecule has 1 aliphatic rings. The first-order valence-electron chi connectivity index (χ1n) is 10.2. The summed E-state index contributed by atoms with van der Waals surface area (Å²) in [7, 11) is 1.99. The van der Waals surface area contributed by atoms with Gasteiger partial charge in [-0.05, 0) is 64.6 Å². The Hall–Kier alpha value is -2.28. The standard InChI is InChI=1S/C21H32N6O/c1-14(2)19-18(13-27(25-19)21-23-15(3)12-16(4)24-21)20(28)26-10-7-17(8-11-26)6-9-22-5/h12-14,17,22H,6-11H2,1-5H3. The molecule has 0 aliphatic carbocycles. The van der Waals surface area contributed by atoms with Crippen LogP contribution in [0.1, 0.15) is 66.5 Å². The third-order valence-electron chi connectivity index (χ3n) is 5.40. The fourth-order valence-corrected chi connectivity index (χ4v) is 3.83. The predicted octanol–water partition coefficient (Wildman–Crippen LogP) is 2.86. The molecule has 0 aromatic carbocycles. The average molecular weight is 385 g/mol. The lowest BCUT2D eigenvalue weighted by atomic mass is 9.93. The predicted molar refractivity (Wildman–Crippen MR) is 110 cm³/mol. The van der Waals surface area contributed by atoms with E-state index in [2.05, 4.69) is 34.2 Å². The Morgan fingerprint density at radius 1 is 1.21 bits per heavy atom. The number of hydrogen-bond donors (Lipinski definition) is 1. The van der Waals surface area contributed by atoms with Crippen molar-refractivity contribution in [1.29, 1.82) is 0 Å². The summed E-state index contributed by atoms with van der Waals surface area (Å²) in [6, 6.07) is 1.93. The minimum absolute atomic E-state index is 0.0754. The molecule has 7 heteroatoms. The number of aromatic nitrogens is 4. The number of rotatable bonds is 6. The summed E-state index contributed by atoms with van der Waals surface area (Å²) < 4.78 is 1.65. The molecule has 3 heterocycles. The van der Waals surface area contributed by atoms with Crippen molar-refractivity contribution in [3.05, 3.63) is 34.9 Å². The number of carbonyl (C=O) groups is 1. The van der Waals surface area contributed by atoms with Crippen LogP contribution in [0.2, 0.25) is 0 Å². The van der Waals surface area contributed by atoms with Gasteiger partial charge in [0, 0.05) is 30.7 Å². The lowest BCUT2D eigenvalue weighted by Gasteiger charge is -2.32. The molecular weight excluding hydrogens is 352 g/mol. The third-order valence-corrected chi connectivity index (χ3v) is 5.40. The Balaban J connectivity index is 1.81. The molecule has 0 radical (unpaired) electrons. The number of piperidine rings is 1. The molecule has 0 atom stereocenters. The van der Waals surface area contributed by atoms with Gasteiger partial charge in [0.2, 0.25) is 0 Å².